The van der Waals surface area contributed by atoms with Crippen LogP contribution in [0.3, 0.4) is 0 Å². The molecule has 0 unspecified atom stereocenters. The van der Waals surface area contributed by atoms with Crippen LogP contribution < -0.4 is 9.62 Å². The number of rotatable bonds is 11. The summed E-state index contributed by atoms with van der Waals surface area (Å²) in [5.41, 5.74) is 3.12. The molecule has 7 nitrogen and oxygen atoms in total. The highest BCUT2D eigenvalue weighted by Crippen LogP contribution is 2.23. The van der Waals surface area contributed by atoms with E-state index >= 15 is 0 Å². The minimum absolute atomic E-state index is 0.212. The normalized spacial score (nSPS) is 12.2. The first kappa shape index (κ1) is 26.4. The molecular formula is C25H35N3O4S. The van der Waals surface area contributed by atoms with Crippen molar-refractivity contribution in [2.45, 2.75) is 53.1 Å². The quantitative estimate of drug-likeness (QED) is 0.542. The number of para-hydroxylation sites is 1. The summed E-state index contributed by atoms with van der Waals surface area (Å²) in [7, 11) is -3.73. The molecule has 180 valence electrons. The fourth-order valence-electron chi connectivity index (χ4n) is 3.73. The zero-order valence-electron chi connectivity index (χ0n) is 20.2. The molecule has 0 aliphatic heterocycles. The number of hydrogen-bond donors (Lipinski definition) is 1. The Morgan fingerprint density at radius 2 is 1.73 bits per heavy atom. The van der Waals surface area contributed by atoms with Crippen molar-refractivity contribution in [1.82, 2.24) is 10.2 Å². The number of sulfonamides is 1. The van der Waals surface area contributed by atoms with E-state index in [1.54, 1.807) is 25.1 Å². The first-order valence-corrected chi connectivity index (χ1v) is 13.1. The minimum Gasteiger partial charge on any atom is -0.354 e. The molecule has 2 amide bonds. The van der Waals surface area contributed by atoms with Crippen LogP contribution >= 0.6 is 0 Å². The van der Waals surface area contributed by atoms with Crippen LogP contribution in [0.5, 0.6) is 0 Å². The van der Waals surface area contributed by atoms with Gasteiger partial charge in [-0.2, -0.15) is 0 Å². The lowest BCUT2D eigenvalue weighted by Gasteiger charge is -2.33. The summed E-state index contributed by atoms with van der Waals surface area (Å²) in [6.07, 6.45) is 2.28. The van der Waals surface area contributed by atoms with Crippen LogP contribution in [0.2, 0.25) is 0 Å². The van der Waals surface area contributed by atoms with Crippen molar-refractivity contribution in [1.29, 1.82) is 0 Å². The third-order valence-corrected chi connectivity index (χ3v) is 6.56. The molecule has 1 N–H and O–H groups in total. The molecule has 0 bridgehead atoms. The molecule has 0 heterocycles. The monoisotopic (exact) mass is 473 g/mol. The van der Waals surface area contributed by atoms with Crippen molar-refractivity contribution in [3.8, 4) is 0 Å². The summed E-state index contributed by atoms with van der Waals surface area (Å²) >= 11 is 0. The maximum Gasteiger partial charge on any atom is 0.244 e. The van der Waals surface area contributed by atoms with Gasteiger partial charge in [-0.05, 0) is 43.9 Å². The molecule has 0 aromatic heterocycles. The number of anilines is 1. The van der Waals surface area contributed by atoms with Gasteiger partial charge in [0.15, 0.2) is 0 Å². The number of carbonyl (C=O) groups excluding carboxylic acids is 2. The highest BCUT2D eigenvalue weighted by atomic mass is 32.2. The number of nitrogens with zero attached hydrogens (tertiary/aromatic N) is 2. The smallest absolute Gasteiger partial charge is 0.244 e. The van der Waals surface area contributed by atoms with Crippen molar-refractivity contribution in [2.75, 3.05) is 23.7 Å². The Balaban J connectivity index is 2.44. The zero-order chi connectivity index (χ0) is 24.6. The highest BCUT2D eigenvalue weighted by molar-refractivity contribution is 7.92. The number of amides is 2. The molecule has 0 aliphatic rings. The van der Waals surface area contributed by atoms with Gasteiger partial charge in [-0.3, -0.25) is 13.9 Å². The summed E-state index contributed by atoms with van der Waals surface area (Å²) in [6.45, 7) is 7.92. The van der Waals surface area contributed by atoms with Gasteiger partial charge >= 0.3 is 0 Å². The van der Waals surface area contributed by atoms with Crippen LogP contribution in [0, 0.1) is 13.8 Å². The number of aryl methyl sites for hydroxylation is 2. The molecule has 0 radical (unpaired) electrons. The predicted molar refractivity (Wildman–Crippen MR) is 132 cm³/mol. The molecule has 0 spiro atoms. The van der Waals surface area contributed by atoms with Crippen molar-refractivity contribution in [3.05, 3.63) is 65.2 Å². The molecule has 0 fully saturated rings. The van der Waals surface area contributed by atoms with Crippen molar-refractivity contribution >= 4 is 27.5 Å². The molecule has 8 heteroatoms. The van der Waals surface area contributed by atoms with E-state index in [-0.39, 0.29) is 19.0 Å². The summed E-state index contributed by atoms with van der Waals surface area (Å²) < 4.78 is 26.4. The van der Waals surface area contributed by atoms with Gasteiger partial charge in [0.05, 0.1) is 11.9 Å². The van der Waals surface area contributed by atoms with Crippen LogP contribution in [0.15, 0.2) is 48.5 Å². The largest absolute Gasteiger partial charge is 0.354 e. The second kappa shape index (κ2) is 11.8. The Morgan fingerprint density at radius 3 is 2.30 bits per heavy atom. The van der Waals surface area contributed by atoms with Gasteiger partial charge in [0, 0.05) is 13.1 Å². The fraction of sp³-hybridized carbons (Fsp3) is 0.440. The number of carbonyl (C=O) groups is 2. The maximum atomic E-state index is 13.6. The van der Waals surface area contributed by atoms with E-state index < -0.39 is 22.0 Å². The van der Waals surface area contributed by atoms with Gasteiger partial charge < -0.3 is 10.2 Å². The van der Waals surface area contributed by atoms with E-state index in [1.165, 1.54) is 4.90 Å². The van der Waals surface area contributed by atoms with Crippen LogP contribution in [0.25, 0.3) is 0 Å². The third kappa shape index (κ3) is 7.32. The zero-order valence-corrected chi connectivity index (χ0v) is 21.0. The molecule has 0 saturated carbocycles. The van der Waals surface area contributed by atoms with E-state index in [0.29, 0.717) is 18.7 Å². The van der Waals surface area contributed by atoms with Crippen LogP contribution in [-0.2, 0) is 26.2 Å². The number of benzene rings is 2. The van der Waals surface area contributed by atoms with Crippen molar-refractivity contribution < 1.29 is 18.0 Å². The van der Waals surface area contributed by atoms with E-state index in [1.807, 2.05) is 51.1 Å². The topological polar surface area (TPSA) is 86.8 Å². The molecule has 33 heavy (non-hydrogen) atoms. The molecule has 2 aromatic rings. The SMILES string of the molecule is CCCNC(=O)[C@H](CC)N(Cc1cccc(C)c1)C(=O)CN(c1ccccc1C)S(C)(=O)=O. The van der Waals surface area contributed by atoms with Gasteiger partial charge in [-0.15, -0.1) is 0 Å². The average molecular weight is 474 g/mol. The third-order valence-electron chi connectivity index (χ3n) is 5.43. The van der Waals surface area contributed by atoms with Gasteiger partial charge in [0.1, 0.15) is 12.6 Å². The second-order valence-corrected chi connectivity index (χ2v) is 10.2. The maximum absolute atomic E-state index is 13.6. The van der Waals surface area contributed by atoms with Gasteiger partial charge in [-0.1, -0.05) is 61.9 Å². The lowest BCUT2D eigenvalue weighted by Crippen LogP contribution is -2.52. The standard InChI is InChI=1S/C25H35N3O4S/c1-6-15-26-25(30)22(7-2)27(17-21-13-10-11-19(3)16-21)24(29)18-28(33(5,31)32)23-14-9-8-12-20(23)4/h8-14,16,22H,6-7,15,17-18H2,1-5H3,(H,26,30)/t22-/m0/s1. The first-order chi connectivity index (χ1) is 15.6. The summed E-state index contributed by atoms with van der Waals surface area (Å²) in [5, 5.41) is 2.88. The number of nitrogens with one attached hydrogen (secondary N) is 1. The van der Waals surface area contributed by atoms with Gasteiger partial charge in [-0.25, -0.2) is 8.42 Å². The molecule has 0 aliphatic carbocycles. The summed E-state index contributed by atoms with van der Waals surface area (Å²) in [5.74, 6) is -0.661. The van der Waals surface area contributed by atoms with Crippen LogP contribution in [0.1, 0.15) is 43.4 Å². The van der Waals surface area contributed by atoms with Gasteiger partial charge in [0.2, 0.25) is 21.8 Å². The molecule has 2 rings (SSSR count). The minimum atomic E-state index is -3.73. The van der Waals surface area contributed by atoms with E-state index in [9.17, 15) is 18.0 Å². The van der Waals surface area contributed by atoms with E-state index in [0.717, 1.165) is 33.7 Å². The summed E-state index contributed by atoms with van der Waals surface area (Å²) in [4.78, 5) is 28.0. The second-order valence-electron chi connectivity index (χ2n) is 8.28. The fourth-order valence-corrected chi connectivity index (χ4v) is 4.64. The van der Waals surface area contributed by atoms with E-state index in [2.05, 4.69) is 5.32 Å². The molecule has 2 aromatic carbocycles. The Morgan fingerprint density at radius 1 is 1.03 bits per heavy atom. The van der Waals surface area contributed by atoms with Crippen molar-refractivity contribution in [3.63, 3.8) is 0 Å². The van der Waals surface area contributed by atoms with Crippen LogP contribution in [0.4, 0.5) is 5.69 Å². The lowest BCUT2D eigenvalue weighted by atomic mass is 10.1. The Hall–Kier alpha value is -2.87. The molecule has 1 atom stereocenters. The van der Waals surface area contributed by atoms with Gasteiger partial charge in [0.25, 0.3) is 0 Å². The average Bonchev–Trinajstić information content (AvgIpc) is 2.75. The van der Waals surface area contributed by atoms with Crippen LogP contribution in [-0.4, -0.2) is 50.5 Å². The van der Waals surface area contributed by atoms with E-state index in [4.69, 9.17) is 0 Å². The van der Waals surface area contributed by atoms with Crippen molar-refractivity contribution in [2.24, 2.45) is 0 Å². The first-order valence-electron chi connectivity index (χ1n) is 11.2. The predicted octanol–water partition coefficient (Wildman–Crippen LogP) is 3.40. The Labute approximate surface area is 197 Å². The molecular weight excluding hydrogens is 438 g/mol. The Kier molecular flexibility index (Phi) is 9.46. The Bertz CT molecular complexity index is 1070. The molecule has 0 saturated heterocycles. The number of hydrogen-bond acceptors (Lipinski definition) is 4. The summed E-state index contributed by atoms with van der Waals surface area (Å²) in [6, 6.07) is 14.1. The lowest BCUT2D eigenvalue weighted by molar-refractivity contribution is -0.140. The highest BCUT2D eigenvalue weighted by Gasteiger charge is 2.31.